The van der Waals surface area contributed by atoms with Gasteiger partial charge in [-0.15, -0.1) is 0 Å². The van der Waals surface area contributed by atoms with Crippen molar-refractivity contribution in [1.29, 1.82) is 0 Å². The van der Waals surface area contributed by atoms with E-state index in [1.165, 1.54) is 21.6 Å². The summed E-state index contributed by atoms with van der Waals surface area (Å²) in [5.41, 5.74) is 2.93. The van der Waals surface area contributed by atoms with E-state index in [0.29, 0.717) is 45.1 Å². The van der Waals surface area contributed by atoms with Crippen LogP contribution in [0, 0.1) is 13.8 Å². The Morgan fingerprint density at radius 1 is 0.846 bits per heavy atom. The summed E-state index contributed by atoms with van der Waals surface area (Å²) in [6.07, 6.45) is 3.22. The zero-order valence-corrected chi connectivity index (χ0v) is 22.2. The smallest absolute Gasteiger partial charge is 0.871 e. The summed E-state index contributed by atoms with van der Waals surface area (Å²) in [4.78, 5) is 8.08. The SMILES string of the molecule is Cc1ncc(CSSCc2cnc(C)c([O-])c2CO)c(CO)c1[O-].[K+].[Na+]. The van der Waals surface area contributed by atoms with Crippen molar-refractivity contribution in [2.45, 2.75) is 38.6 Å². The van der Waals surface area contributed by atoms with E-state index < -0.39 is 0 Å². The van der Waals surface area contributed by atoms with Gasteiger partial charge in [-0.2, -0.15) is 0 Å². The molecule has 0 saturated carbocycles. The second kappa shape index (κ2) is 13.4. The molecule has 26 heavy (non-hydrogen) atoms. The summed E-state index contributed by atoms with van der Waals surface area (Å²) in [6.45, 7) is 2.63. The maximum absolute atomic E-state index is 11.9. The van der Waals surface area contributed by atoms with Gasteiger partial charge in [0, 0.05) is 35.3 Å². The summed E-state index contributed by atoms with van der Waals surface area (Å²) in [6, 6.07) is 0. The van der Waals surface area contributed by atoms with Crippen LogP contribution < -0.4 is 91.2 Å². The van der Waals surface area contributed by atoms with Gasteiger partial charge in [0.2, 0.25) is 0 Å². The topological polar surface area (TPSA) is 112 Å². The predicted molar refractivity (Wildman–Crippen MR) is 91.3 cm³/mol. The van der Waals surface area contributed by atoms with Gasteiger partial charge in [-0.1, -0.05) is 33.1 Å². The Morgan fingerprint density at radius 3 is 1.50 bits per heavy atom. The van der Waals surface area contributed by atoms with Crippen molar-refractivity contribution in [3.05, 3.63) is 46.0 Å². The molecule has 2 heterocycles. The molecule has 2 rings (SSSR count). The van der Waals surface area contributed by atoms with Crippen LogP contribution in [0.2, 0.25) is 0 Å². The van der Waals surface area contributed by atoms with Crippen LogP contribution in [0.1, 0.15) is 33.6 Å². The first-order valence-corrected chi connectivity index (χ1v) is 9.73. The molecule has 0 aliphatic rings. The Bertz CT molecular complexity index is 676. The van der Waals surface area contributed by atoms with Crippen LogP contribution in [0.5, 0.6) is 11.5 Å². The van der Waals surface area contributed by atoms with E-state index in [9.17, 15) is 20.4 Å². The fourth-order valence-electron chi connectivity index (χ4n) is 2.16. The molecule has 0 aliphatic carbocycles. The average Bonchev–Trinajstić information content (AvgIpc) is 2.58. The Balaban J connectivity index is 0.00000312. The molecule has 0 aromatic carbocycles. The molecule has 0 unspecified atom stereocenters. The fraction of sp³-hybridized carbons (Fsp3) is 0.375. The first kappa shape index (κ1) is 27.2. The maximum Gasteiger partial charge on any atom is 1.00 e. The number of hydrogen-bond acceptors (Lipinski definition) is 8. The maximum atomic E-state index is 11.9. The van der Waals surface area contributed by atoms with E-state index >= 15 is 0 Å². The van der Waals surface area contributed by atoms with Gasteiger partial charge in [0.25, 0.3) is 0 Å². The van der Waals surface area contributed by atoms with Crippen molar-refractivity contribution in [2.75, 3.05) is 0 Å². The summed E-state index contributed by atoms with van der Waals surface area (Å²) in [7, 11) is 2.98. The predicted octanol–water partition coefficient (Wildman–Crippen LogP) is -4.69. The largest absolute Gasteiger partial charge is 1.00 e. The van der Waals surface area contributed by atoms with Gasteiger partial charge in [0.05, 0.1) is 13.2 Å². The molecule has 6 nitrogen and oxygen atoms in total. The van der Waals surface area contributed by atoms with Gasteiger partial charge in [-0.05, 0) is 36.1 Å². The van der Waals surface area contributed by atoms with E-state index in [2.05, 4.69) is 9.97 Å². The van der Waals surface area contributed by atoms with Gasteiger partial charge in [-0.3, -0.25) is 9.97 Å². The van der Waals surface area contributed by atoms with E-state index in [1.54, 1.807) is 26.2 Å². The molecular weight excluding hydrogens is 410 g/mol. The molecule has 2 aromatic rings. The number of rotatable bonds is 7. The normalized spacial score (nSPS) is 10.2. The first-order valence-electron chi connectivity index (χ1n) is 7.24. The third-order valence-corrected chi connectivity index (χ3v) is 5.87. The molecule has 0 aliphatic heterocycles. The van der Waals surface area contributed by atoms with Crippen molar-refractivity contribution in [2.24, 2.45) is 0 Å². The number of aryl methyl sites for hydroxylation is 2. The van der Waals surface area contributed by atoms with Crippen LogP contribution in [0.3, 0.4) is 0 Å². The number of nitrogens with zero attached hydrogens (tertiary/aromatic N) is 2. The monoisotopic (exact) mass is 428 g/mol. The minimum atomic E-state index is -0.307. The van der Waals surface area contributed by atoms with Crippen molar-refractivity contribution in [3.63, 3.8) is 0 Å². The van der Waals surface area contributed by atoms with Crippen LogP contribution >= 0.6 is 21.6 Å². The molecule has 2 aromatic heterocycles. The van der Waals surface area contributed by atoms with Gasteiger partial charge in [0.15, 0.2) is 0 Å². The number of aliphatic hydroxyl groups excluding tert-OH is 2. The third-order valence-electron chi connectivity index (χ3n) is 3.64. The molecular formula is C16H18KN2NaO4S2. The van der Waals surface area contributed by atoms with Crippen molar-refractivity contribution in [1.82, 2.24) is 9.97 Å². The molecule has 0 saturated heterocycles. The van der Waals surface area contributed by atoms with Crippen LogP contribution in [0.15, 0.2) is 12.4 Å². The quantitative estimate of drug-likeness (QED) is 0.257. The molecule has 0 bridgehead atoms. The molecule has 2 N–H and O–H groups in total. The number of aromatic nitrogens is 2. The second-order valence-electron chi connectivity index (χ2n) is 5.19. The molecule has 130 valence electrons. The molecule has 0 fully saturated rings. The van der Waals surface area contributed by atoms with Crippen molar-refractivity contribution >= 4 is 21.6 Å². The third kappa shape index (κ3) is 6.89. The van der Waals surface area contributed by atoms with Crippen LogP contribution in [0.25, 0.3) is 0 Å². The first-order chi connectivity index (χ1) is 11.5. The van der Waals surface area contributed by atoms with Crippen LogP contribution in [0.4, 0.5) is 0 Å². The summed E-state index contributed by atoms with van der Waals surface area (Å²) in [5.74, 6) is 0.589. The van der Waals surface area contributed by atoms with Crippen molar-refractivity contribution in [3.8, 4) is 11.5 Å². The van der Waals surface area contributed by atoms with Crippen LogP contribution in [-0.4, -0.2) is 20.2 Å². The van der Waals surface area contributed by atoms with E-state index in [-0.39, 0.29) is 106 Å². The second-order valence-corrected chi connectivity index (χ2v) is 7.66. The van der Waals surface area contributed by atoms with E-state index in [4.69, 9.17) is 0 Å². The fourth-order valence-corrected chi connectivity index (χ4v) is 4.34. The summed E-state index contributed by atoms with van der Waals surface area (Å²) >= 11 is 0. The van der Waals surface area contributed by atoms with Crippen molar-refractivity contribution < 1.29 is 101 Å². The minimum absolute atomic E-state index is 0. The molecule has 0 atom stereocenters. The van der Waals surface area contributed by atoms with Gasteiger partial charge >= 0.3 is 80.9 Å². The average molecular weight is 429 g/mol. The van der Waals surface area contributed by atoms with Gasteiger partial charge in [-0.25, -0.2) is 0 Å². The zero-order valence-electron chi connectivity index (χ0n) is 15.4. The Kier molecular flexibility index (Phi) is 14.0. The van der Waals surface area contributed by atoms with Crippen LogP contribution in [-0.2, 0) is 24.7 Å². The summed E-state index contributed by atoms with van der Waals surface area (Å²) < 4.78 is 0. The Hall–Kier alpha value is 1.16. The van der Waals surface area contributed by atoms with Gasteiger partial charge in [0.1, 0.15) is 0 Å². The Morgan fingerprint density at radius 2 is 1.19 bits per heavy atom. The minimum Gasteiger partial charge on any atom is -0.871 e. The van der Waals surface area contributed by atoms with E-state index in [0.717, 1.165) is 0 Å². The standard InChI is InChI=1S/C16H20N2O4S2.K.Na/c1-9-15(21)13(5-19)11(3-17-9)7-23-24-8-12-4-18-10(2)16(22)14(12)6-20;;/h3-4,19-22H,5-8H2,1-2H3;;/q;2*+1/p-2. The molecule has 10 heteroatoms. The zero-order chi connectivity index (χ0) is 17.7. The van der Waals surface area contributed by atoms with Gasteiger partial charge < -0.3 is 20.4 Å². The van der Waals surface area contributed by atoms with E-state index in [1.807, 2.05) is 0 Å². The Labute approximate surface area is 225 Å². The number of hydrogen-bond donors (Lipinski definition) is 2. The molecule has 0 spiro atoms. The number of aliphatic hydroxyl groups is 2. The molecule has 0 radical (unpaired) electrons. The number of pyridine rings is 2. The molecule has 0 amide bonds. The summed E-state index contributed by atoms with van der Waals surface area (Å²) in [5, 5.41) is 42.6.